The van der Waals surface area contributed by atoms with Crippen molar-refractivity contribution in [2.45, 2.75) is 6.92 Å². The average Bonchev–Trinajstić information content (AvgIpc) is 3.09. The van der Waals surface area contributed by atoms with Gasteiger partial charge < -0.3 is 4.74 Å². The van der Waals surface area contributed by atoms with Crippen molar-refractivity contribution in [1.82, 2.24) is 0 Å². The lowest BCUT2D eigenvalue weighted by Crippen LogP contribution is -2.02. The maximum atomic E-state index is 11.7. The fourth-order valence-electron chi connectivity index (χ4n) is 2.82. The Kier molecular flexibility index (Phi) is 6.21. The van der Waals surface area contributed by atoms with E-state index in [1.807, 2.05) is 49.4 Å². The standard InChI is InChI=1S/C24H19NO2S/c1-17-13-21(28-23(17)14-20(16-25)24(26)27-2)15-22(18-9-5-3-6-10-18)19-11-7-4-8-12-19/h3-15H,1-2H3/b20-14+. The van der Waals surface area contributed by atoms with Crippen LogP contribution in [-0.2, 0) is 9.53 Å². The molecule has 1 aromatic heterocycles. The fourth-order valence-corrected chi connectivity index (χ4v) is 3.89. The maximum Gasteiger partial charge on any atom is 0.348 e. The molecule has 0 spiro atoms. The minimum atomic E-state index is -0.623. The number of hydrogen-bond donors (Lipinski definition) is 0. The molecule has 0 saturated heterocycles. The molecule has 3 aromatic rings. The summed E-state index contributed by atoms with van der Waals surface area (Å²) in [5, 5.41) is 9.20. The molecule has 28 heavy (non-hydrogen) atoms. The Morgan fingerprint density at radius 3 is 2.07 bits per heavy atom. The van der Waals surface area contributed by atoms with Crippen molar-refractivity contribution in [2.75, 3.05) is 7.11 Å². The van der Waals surface area contributed by atoms with Crippen molar-refractivity contribution < 1.29 is 9.53 Å². The van der Waals surface area contributed by atoms with E-state index in [1.165, 1.54) is 18.4 Å². The molecule has 0 aliphatic heterocycles. The number of thiophene rings is 1. The van der Waals surface area contributed by atoms with Gasteiger partial charge in [0.2, 0.25) is 0 Å². The highest BCUT2D eigenvalue weighted by Crippen LogP contribution is 2.31. The van der Waals surface area contributed by atoms with Gasteiger partial charge in [0, 0.05) is 9.75 Å². The first-order chi connectivity index (χ1) is 13.6. The number of benzene rings is 2. The van der Waals surface area contributed by atoms with Gasteiger partial charge in [-0.25, -0.2) is 4.79 Å². The summed E-state index contributed by atoms with van der Waals surface area (Å²) in [6.07, 6.45) is 3.73. The Hall–Kier alpha value is -3.42. The lowest BCUT2D eigenvalue weighted by Gasteiger charge is -2.08. The summed E-state index contributed by atoms with van der Waals surface area (Å²) in [7, 11) is 1.27. The zero-order valence-corrected chi connectivity index (χ0v) is 16.5. The van der Waals surface area contributed by atoms with Gasteiger partial charge in [-0.3, -0.25) is 0 Å². The smallest absolute Gasteiger partial charge is 0.348 e. The van der Waals surface area contributed by atoms with E-state index in [0.717, 1.165) is 32.0 Å². The number of rotatable bonds is 5. The van der Waals surface area contributed by atoms with Crippen LogP contribution >= 0.6 is 11.3 Å². The Morgan fingerprint density at radius 1 is 1.00 bits per heavy atom. The SMILES string of the molecule is COC(=O)/C(C#N)=C/c1sc(C=C(c2ccccc2)c2ccccc2)cc1C. The van der Waals surface area contributed by atoms with Crippen LogP contribution in [0.25, 0.3) is 17.7 Å². The van der Waals surface area contributed by atoms with Crippen LogP contribution in [0.2, 0.25) is 0 Å². The molecule has 0 amide bonds. The molecule has 2 aromatic carbocycles. The maximum absolute atomic E-state index is 11.7. The quantitative estimate of drug-likeness (QED) is 0.320. The van der Waals surface area contributed by atoms with Crippen LogP contribution in [0.3, 0.4) is 0 Å². The van der Waals surface area contributed by atoms with Crippen molar-refractivity contribution in [3.63, 3.8) is 0 Å². The molecular formula is C24H19NO2S. The fraction of sp³-hybridized carbons (Fsp3) is 0.0833. The zero-order valence-electron chi connectivity index (χ0n) is 15.7. The van der Waals surface area contributed by atoms with Crippen LogP contribution in [-0.4, -0.2) is 13.1 Å². The molecule has 0 bridgehead atoms. The third-order valence-electron chi connectivity index (χ3n) is 4.23. The molecule has 1 heterocycles. The van der Waals surface area contributed by atoms with Crippen LogP contribution in [0, 0.1) is 18.3 Å². The number of carbonyl (C=O) groups is 1. The number of nitrogens with zero attached hydrogens (tertiary/aromatic N) is 1. The van der Waals surface area contributed by atoms with Gasteiger partial charge >= 0.3 is 5.97 Å². The van der Waals surface area contributed by atoms with E-state index >= 15 is 0 Å². The second kappa shape index (κ2) is 8.98. The molecule has 0 radical (unpaired) electrons. The van der Waals surface area contributed by atoms with Crippen molar-refractivity contribution in [3.8, 4) is 6.07 Å². The summed E-state index contributed by atoms with van der Waals surface area (Å²) < 4.78 is 4.67. The topological polar surface area (TPSA) is 50.1 Å². The number of esters is 1. The van der Waals surface area contributed by atoms with Gasteiger partial charge in [0.05, 0.1) is 7.11 Å². The second-order valence-corrected chi connectivity index (χ2v) is 7.26. The Balaban J connectivity index is 2.07. The molecule has 0 aliphatic rings. The van der Waals surface area contributed by atoms with Crippen LogP contribution in [0.1, 0.15) is 26.4 Å². The lowest BCUT2D eigenvalue weighted by atomic mass is 9.97. The van der Waals surface area contributed by atoms with Gasteiger partial charge in [-0.15, -0.1) is 11.3 Å². The van der Waals surface area contributed by atoms with Crippen LogP contribution < -0.4 is 0 Å². The van der Waals surface area contributed by atoms with Crippen molar-refractivity contribution in [3.05, 3.63) is 98.7 Å². The van der Waals surface area contributed by atoms with Gasteiger partial charge in [0.15, 0.2) is 0 Å². The van der Waals surface area contributed by atoms with Gasteiger partial charge in [-0.1, -0.05) is 60.7 Å². The highest BCUT2D eigenvalue weighted by molar-refractivity contribution is 7.14. The molecule has 3 nitrogen and oxygen atoms in total. The van der Waals surface area contributed by atoms with Crippen molar-refractivity contribution in [2.24, 2.45) is 0 Å². The van der Waals surface area contributed by atoms with E-state index in [2.05, 4.69) is 41.1 Å². The van der Waals surface area contributed by atoms with E-state index in [0.29, 0.717) is 0 Å². The van der Waals surface area contributed by atoms with Crippen LogP contribution in [0.5, 0.6) is 0 Å². The Labute approximate surface area is 168 Å². The molecule has 0 unspecified atom stereocenters. The van der Waals surface area contributed by atoms with E-state index < -0.39 is 5.97 Å². The summed E-state index contributed by atoms with van der Waals surface area (Å²) in [5.41, 5.74) is 4.38. The monoisotopic (exact) mass is 385 g/mol. The van der Waals surface area contributed by atoms with E-state index in [1.54, 1.807) is 6.08 Å². The summed E-state index contributed by atoms with van der Waals surface area (Å²) >= 11 is 1.54. The molecule has 4 heteroatoms. The summed E-state index contributed by atoms with van der Waals surface area (Å²) in [6, 6.07) is 24.4. The van der Waals surface area contributed by atoms with Crippen LogP contribution in [0.4, 0.5) is 0 Å². The number of aryl methyl sites for hydroxylation is 1. The number of hydrogen-bond acceptors (Lipinski definition) is 4. The van der Waals surface area contributed by atoms with Crippen molar-refractivity contribution >= 4 is 35.0 Å². The van der Waals surface area contributed by atoms with Gasteiger partial charge in [-0.05, 0) is 47.4 Å². The van der Waals surface area contributed by atoms with Crippen molar-refractivity contribution in [1.29, 1.82) is 5.26 Å². The predicted octanol–water partition coefficient (Wildman–Crippen LogP) is 5.73. The van der Waals surface area contributed by atoms with E-state index in [-0.39, 0.29) is 5.57 Å². The van der Waals surface area contributed by atoms with E-state index in [4.69, 9.17) is 0 Å². The lowest BCUT2D eigenvalue weighted by molar-refractivity contribution is -0.135. The van der Waals surface area contributed by atoms with E-state index in [9.17, 15) is 10.1 Å². The predicted molar refractivity (Wildman–Crippen MR) is 115 cm³/mol. The molecular weight excluding hydrogens is 366 g/mol. The highest BCUT2D eigenvalue weighted by Gasteiger charge is 2.12. The third-order valence-corrected chi connectivity index (χ3v) is 5.36. The molecule has 0 N–H and O–H groups in total. The molecule has 0 fully saturated rings. The normalized spacial score (nSPS) is 10.8. The molecule has 0 saturated carbocycles. The molecule has 0 aliphatic carbocycles. The third kappa shape index (κ3) is 4.46. The number of methoxy groups -OCH3 is 1. The average molecular weight is 385 g/mol. The molecule has 0 atom stereocenters. The molecule has 3 rings (SSSR count). The number of nitriles is 1. The summed E-state index contributed by atoms with van der Waals surface area (Å²) in [5.74, 6) is -0.623. The number of ether oxygens (including phenoxy) is 1. The van der Waals surface area contributed by atoms with Gasteiger partial charge in [0.1, 0.15) is 11.6 Å². The zero-order chi connectivity index (χ0) is 19.9. The summed E-state index contributed by atoms with van der Waals surface area (Å²) in [4.78, 5) is 13.6. The minimum absolute atomic E-state index is 0.00526. The minimum Gasteiger partial charge on any atom is -0.465 e. The Morgan fingerprint density at radius 2 is 1.57 bits per heavy atom. The number of carbonyl (C=O) groups excluding carboxylic acids is 1. The summed E-state index contributed by atoms with van der Waals surface area (Å²) in [6.45, 7) is 1.97. The van der Waals surface area contributed by atoms with Gasteiger partial charge in [0.25, 0.3) is 0 Å². The molecule has 138 valence electrons. The second-order valence-electron chi connectivity index (χ2n) is 6.15. The first kappa shape index (κ1) is 19.3. The Bertz CT molecular complexity index is 1030. The first-order valence-corrected chi connectivity index (χ1v) is 9.57. The first-order valence-electron chi connectivity index (χ1n) is 8.75. The largest absolute Gasteiger partial charge is 0.465 e. The van der Waals surface area contributed by atoms with Gasteiger partial charge in [-0.2, -0.15) is 5.26 Å². The highest BCUT2D eigenvalue weighted by atomic mass is 32.1. The van der Waals surface area contributed by atoms with Crippen LogP contribution in [0.15, 0.2) is 72.3 Å².